The minimum Gasteiger partial charge on any atom is -0.322 e. The van der Waals surface area contributed by atoms with E-state index >= 15 is 0 Å². The van der Waals surface area contributed by atoms with Crippen LogP contribution >= 0.6 is 0 Å². The highest BCUT2D eigenvalue weighted by Gasteiger charge is 2.02. The Hall–Kier alpha value is -0.960. The van der Waals surface area contributed by atoms with Gasteiger partial charge in [-0.3, -0.25) is 4.98 Å². The molecule has 10 heavy (non-hydrogen) atoms. The average Bonchev–Trinajstić information content (AvgIpc) is 2.05. The molecule has 0 spiro atoms. The number of pyridine rings is 1. The molecule has 1 rings (SSSR count). The normalized spacial score (nSPS) is 13.0. The summed E-state index contributed by atoms with van der Waals surface area (Å²) in [6, 6.07) is 2.98. The molecule has 0 aliphatic heterocycles. The summed E-state index contributed by atoms with van der Waals surface area (Å²) in [6.45, 7) is -0.536. The summed E-state index contributed by atoms with van der Waals surface area (Å²) < 4.78 is 11.9. The highest BCUT2D eigenvalue weighted by molar-refractivity contribution is 5.12. The van der Waals surface area contributed by atoms with Crippen molar-refractivity contribution < 1.29 is 4.39 Å². The quantitative estimate of drug-likeness (QED) is 0.666. The van der Waals surface area contributed by atoms with E-state index in [0.29, 0.717) is 0 Å². The summed E-state index contributed by atoms with van der Waals surface area (Å²) in [5.41, 5.74) is 6.12. The molecule has 1 atom stereocenters. The van der Waals surface area contributed by atoms with Crippen LogP contribution in [-0.4, -0.2) is 11.7 Å². The smallest absolute Gasteiger partial charge is 0.109 e. The summed E-state index contributed by atoms with van der Waals surface area (Å²) in [5.74, 6) is 0. The van der Waals surface area contributed by atoms with Gasteiger partial charge in [-0.1, -0.05) is 6.07 Å². The number of alkyl halides is 1. The molecule has 2 N–H and O–H groups in total. The van der Waals surface area contributed by atoms with Gasteiger partial charge in [0, 0.05) is 12.4 Å². The second-order valence-electron chi connectivity index (χ2n) is 2.05. The van der Waals surface area contributed by atoms with E-state index in [-0.39, 0.29) is 0 Å². The fourth-order valence-electron chi connectivity index (χ4n) is 0.684. The van der Waals surface area contributed by atoms with Crippen molar-refractivity contribution in [3.05, 3.63) is 30.1 Å². The lowest BCUT2D eigenvalue weighted by molar-refractivity contribution is 0.436. The lowest BCUT2D eigenvalue weighted by Gasteiger charge is -2.04. The summed E-state index contributed by atoms with van der Waals surface area (Å²) >= 11 is 0. The van der Waals surface area contributed by atoms with Gasteiger partial charge in [0.05, 0.1) is 6.04 Å². The second-order valence-corrected chi connectivity index (χ2v) is 2.05. The standard InChI is InChI=1S/C7H9FN2/c8-4-7(9)6-2-1-3-10-5-6/h1-3,5,7H,4,9H2/t7-/m0/s1. The van der Waals surface area contributed by atoms with Gasteiger partial charge >= 0.3 is 0 Å². The van der Waals surface area contributed by atoms with Crippen LogP contribution in [0.4, 0.5) is 4.39 Å². The Morgan fingerprint density at radius 2 is 2.50 bits per heavy atom. The van der Waals surface area contributed by atoms with Gasteiger partial charge in [0.15, 0.2) is 0 Å². The number of hydrogen-bond acceptors (Lipinski definition) is 2. The van der Waals surface area contributed by atoms with E-state index in [2.05, 4.69) is 4.98 Å². The van der Waals surface area contributed by atoms with Gasteiger partial charge in [-0.15, -0.1) is 0 Å². The van der Waals surface area contributed by atoms with Gasteiger partial charge in [0.2, 0.25) is 0 Å². The van der Waals surface area contributed by atoms with E-state index in [0.717, 1.165) is 5.56 Å². The first-order valence-corrected chi connectivity index (χ1v) is 3.06. The fourth-order valence-corrected chi connectivity index (χ4v) is 0.684. The maximum atomic E-state index is 11.9. The van der Waals surface area contributed by atoms with E-state index in [4.69, 9.17) is 5.73 Å². The highest BCUT2D eigenvalue weighted by atomic mass is 19.1. The van der Waals surface area contributed by atoms with Gasteiger partial charge in [-0.05, 0) is 11.6 Å². The number of nitrogens with two attached hydrogens (primary N) is 1. The molecule has 0 aromatic carbocycles. The van der Waals surface area contributed by atoms with Gasteiger partial charge in [0.1, 0.15) is 6.67 Å². The number of aromatic nitrogens is 1. The molecule has 54 valence electrons. The summed E-state index contributed by atoms with van der Waals surface area (Å²) in [7, 11) is 0. The van der Waals surface area contributed by atoms with Crippen molar-refractivity contribution in [3.8, 4) is 0 Å². The maximum absolute atomic E-state index is 11.9. The zero-order valence-corrected chi connectivity index (χ0v) is 5.50. The minimum absolute atomic E-state index is 0.520. The Kier molecular flexibility index (Phi) is 2.34. The molecular weight excluding hydrogens is 131 g/mol. The molecule has 0 saturated heterocycles. The third-order valence-electron chi connectivity index (χ3n) is 1.28. The van der Waals surface area contributed by atoms with Crippen molar-refractivity contribution in [1.29, 1.82) is 0 Å². The molecule has 0 aliphatic rings. The summed E-state index contributed by atoms with van der Waals surface area (Å²) in [6.07, 6.45) is 3.21. The number of nitrogens with zero attached hydrogens (tertiary/aromatic N) is 1. The van der Waals surface area contributed by atoms with Crippen LogP contribution < -0.4 is 5.73 Å². The van der Waals surface area contributed by atoms with E-state index in [1.54, 1.807) is 24.5 Å². The molecule has 1 aromatic rings. The molecule has 0 unspecified atom stereocenters. The first kappa shape index (κ1) is 7.15. The maximum Gasteiger partial charge on any atom is 0.109 e. The first-order chi connectivity index (χ1) is 4.84. The first-order valence-electron chi connectivity index (χ1n) is 3.06. The van der Waals surface area contributed by atoms with Crippen molar-refractivity contribution in [1.82, 2.24) is 4.98 Å². The Morgan fingerprint density at radius 1 is 1.70 bits per heavy atom. The van der Waals surface area contributed by atoms with E-state index < -0.39 is 12.7 Å². The summed E-state index contributed by atoms with van der Waals surface area (Å²) in [5, 5.41) is 0. The van der Waals surface area contributed by atoms with Crippen LogP contribution in [0.1, 0.15) is 11.6 Å². The average molecular weight is 140 g/mol. The van der Waals surface area contributed by atoms with E-state index in [9.17, 15) is 4.39 Å². The van der Waals surface area contributed by atoms with Crippen molar-refractivity contribution in [3.63, 3.8) is 0 Å². The molecule has 0 saturated carbocycles. The van der Waals surface area contributed by atoms with Crippen molar-refractivity contribution in [2.45, 2.75) is 6.04 Å². The van der Waals surface area contributed by atoms with Crippen LogP contribution in [0, 0.1) is 0 Å². The molecular formula is C7H9FN2. The Morgan fingerprint density at radius 3 is 3.00 bits per heavy atom. The zero-order valence-electron chi connectivity index (χ0n) is 5.50. The zero-order chi connectivity index (χ0) is 7.40. The van der Waals surface area contributed by atoms with Crippen molar-refractivity contribution in [2.75, 3.05) is 6.67 Å². The molecule has 0 amide bonds. The SMILES string of the molecule is N[C@@H](CF)c1cccnc1. The second kappa shape index (κ2) is 3.27. The molecule has 1 heterocycles. The molecule has 0 fully saturated rings. The highest BCUT2D eigenvalue weighted by Crippen LogP contribution is 2.06. The largest absolute Gasteiger partial charge is 0.322 e. The van der Waals surface area contributed by atoms with Crippen LogP contribution in [0.15, 0.2) is 24.5 Å². The van der Waals surface area contributed by atoms with Gasteiger partial charge in [-0.25, -0.2) is 4.39 Å². The van der Waals surface area contributed by atoms with Gasteiger partial charge in [0.25, 0.3) is 0 Å². The molecule has 0 aliphatic carbocycles. The molecule has 3 heteroatoms. The van der Waals surface area contributed by atoms with Crippen LogP contribution in [0.3, 0.4) is 0 Å². The third kappa shape index (κ3) is 1.51. The molecule has 0 radical (unpaired) electrons. The molecule has 0 bridgehead atoms. The number of hydrogen-bond donors (Lipinski definition) is 1. The lowest BCUT2D eigenvalue weighted by atomic mass is 10.1. The Labute approximate surface area is 58.9 Å². The van der Waals surface area contributed by atoms with Crippen molar-refractivity contribution >= 4 is 0 Å². The minimum atomic E-state index is -0.536. The monoisotopic (exact) mass is 140 g/mol. The predicted molar refractivity (Wildman–Crippen MR) is 37.1 cm³/mol. The Bertz CT molecular complexity index is 188. The van der Waals surface area contributed by atoms with Crippen LogP contribution in [0.5, 0.6) is 0 Å². The molecule has 2 nitrogen and oxygen atoms in total. The fraction of sp³-hybridized carbons (Fsp3) is 0.286. The number of halogens is 1. The van der Waals surface area contributed by atoms with Crippen LogP contribution in [0.25, 0.3) is 0 Å². The van der Waals surface area contributed by atoms with Crippen molar-refractivity contribution in [2.24, 2.45) is 5.73 Å². The predicted octanol–water partition coefficient (Wildman–Crippen LogP) is 1.05. The van der Waals surface area contributed by atoms with Crippen LogP contribution in [-0.2, 0) is 0 Å². The van der Waals surface area contributed by atoms with Crippen LogP contribution in [0.2, 0.25) is 0 Å². The van der Waals surface area contributed by atoms with Gasteiger partial charge < -0.3 is 5.73 Å². The molecule has 1 aromatic heterocycles. The summed E-state index contributed by atoms with van der Waals surface area (Å²) in [4.78, 5) is 3.81. The lowest BCUT2D eigenvalue weighted by Crippen LogP contribution is -2.11. The van der Waals surface area contributed by atoms with E-state index in [1.807, 2.05) is 0 Å². The topological polar surface area (TPSA) is 38.9 Å². The third-order valence-corrected chi connectivity index (χ3v) is 1.28. The van der Waals surface area contributed by atoms with Gasteiger partial charge in [-0.2, -0.15) is 0 Å². The van der Waals surface area contributed by atoms with E-state index in [1.165, 1.54) is 0 Å². The number of rotatable bonds is 2. The Balaban J connectivity index is 2.75.